The van der Waals surface area contributed by atoms with Crippen molar-refractivity contribution in [1.82, 2.24) is 15.2 Å². The quantitative estimate of drug-likeness (QED) is 0.872. The van der Waals surface area contributed by atoms with Gasteiger partial charge in [-0.2, -0.15) is 0 Å². The Labute approximate surface area is 107 Å². The highest BCUT2D eigenvalue weighted by Gasteiger charge is 2.24. The highest BCUT2D eigenvalue weighted by molar-refractivity contribution is 7.09. The summed E-state index contributed by atoms with van der Waals surface area (Å²) in [6, 6.07) is 0. The zero-order valence-electron chi connectivity index (χ0n) is 10.5. The first-order chi connectivity index (χ1) is 8.33. The lowest BCUT2D eigenvalue weighted by molar-refractivity contribution is 0.250. The maximum absolute atomic E-state index is 4.90. The highest BCUT2D eigenvalue weighted by atomic mass is 32.1. The topological polar surface area (TPSA) is 28.2 Å². The molecule has 2 unspecified atom stereocenters. The predicted molar refractivity (Wildman–Crippen MR) is 71.8 cm³/mol. The number of hydrogen-bond donors (Lipinski definition) is 1. The van der Waals surface area contributed by atoms with Crippen LogP contribution in [0.25, 0.3) is 0 Å². The number of likely N-dealkylation sites (tertiary alicyclic amines) is 1. The number of thiazole rings is 1. The van der Waals surface area contributed by atoms with Gasteiger partial charge in [-0.15, -0.1) is 11.3 Å². The Morgan fingerprint density at radius 3 is 3.12 bits per heavy atom. The zero-order valence-corrected chi connectivity index (χ0v) is 11.3. The number of nitrogens with one attached hydrogen (secondary N) is 1. The van der Waals surface area contributed by atoms with Crippen LogP contribution in [0.15, 0.2) is 5.38 Å². The van der Waals surface area contributed by atoms with Crippen molar-refractivity contribution >= 4 is 11.3 Å². The smallest absolute Gasteiger partial charge is 0.0972 e. The molecule has 3 heterocycles. The van der Waals surface area contributed by atoms with E-state index in [0.29, 0.717) is 11.8 Å². The van der Waals surface area contributed by atoms with Crippen molar-refractivity contribution in [2.45, 2.75) is 31.1 Å². The molecule has 2 saturated heterocycles. The summed E-state index contributed by atoms with van der Waals surface area (Å²) >= 11 is 1.88. The van der Waals surface area contributed by atoms with Gasteiger partial charge in [-0.3, -0.25) is 0 Å². The van der Waals surface area contributed by atoms with Crippen molar-refractivity contribution in [3.8, 4) is 0 Å². The van der Waals surface area contributed by atoms with Crippen LogP contribution in [-0.2, 0) is 0 Å². The number of hydrogen-bond acceptors (Lipinski definition) is 4. The lowest BCUT2D eigenvalue weighted by atomic mass is 9.99. The molecule has 0 amide bonds. The SMILES string of the molecule is CN1CCCC(c2nc(C3CCNC3)cs2)C1. The Bertz CT molecular complexity index is 370. The van der Waals surface area contributed by atoms with Crippen molar-refractivity contribution in [3.63, 3.8) is 0 Å². The van der Waals surface area contributed by atoms with Crippen LogP contribution in [-0.4, -0.2) is 43.1 Å². The number of piperidine rings is 1. The van der Waals surface area contributed by atoms with Crippen molar-refractivity contribution in [2.75, 3.05) is 33.2 Å². The van der Waals surface area contributed by atoms with Crippen molar-refractivity contribution < 1.29 is 0 Å². The number of likely N-dealkylation sites (N-methyl/N-ethyl adjacent to an activating group) is 1. The van der Waals surface area contributed by atoms with Gasteiger partial charge in [0.2, 0.25) is 0 Å². The van der Waals surface area contributed by atoms with E-state index in [1.165, 1.54) is 43.1 Å². The standard InChI is InChI=1S/C13H21N3S/c1-16-6-2-3-11(8-16)13-15-12(9-17-13)10-4-5-14-7-10/h9-11,14H,2-8H2,1H3. The van der Waals surface area contributed by atoms with Gasteiger partial charge in [0.15, 0.2) is 0 Å². The van der Waals surface area contributed by atoms with E-state index in [-0.39, 0.29) is 0 Å². The predicted octanol–water partition coefficient (Wildman–Crippen LogP) is 2.03. The molecule has 3 nitrogen and oxygen atoms in total. The van der Waals surface area contributed by atoms with Crippen LogP contribution in [0.3, 0.4) is 0 Å². The van der Waals surface area contributed by atoms with E-state index in [9.17, 15) is 0 Å². The van der Waals surface area contributed by atoms with E-state index in [1.807, 2.05) is 11.3 Å². The molecule has 2 atom stereocenters. The van der Waals surface area contributed by atoms with Gasteiger partial charge < -0.3 is 10.2 Å². The molecular weight excluding hydrogens is 230 g/mol. The lowest BCUT2D eigenvalue weighted by Gasteiger charge is -2.28. The maximum atomic E-state index is 4.90. The van der Waals surface area contributed by atoms with Gasteiger partial charge in [0.1, 0.15) is 0 Å². The Balaban J connectivity index is 1.70. The molecule has 17 heavy (non-hydrogen) atoms. The van der Waals surface area contributed by atoms with Gasteiger partial charge in [-0.25, -0.2) is 4.98 Å². The van der Waals surface area contributed by atoms with Gasteiger partial charge in [-0.1, -0.05) is 0 Å². The summed E-state index contributed by atoms with van der Waals surface area (Å²) < 4.78 is 0. The second kappa shape index (κ2) is 5.04. The van der Waals surface area contributed by atoms with E-state index in [1.54, 1.807) is 0 Å². The summed E-state index contributed by atoms with van der Waals surface area (Å²) in [6.07, 6.45) is 3.90. The van der Waals surface area contributed by atoms with Crippen molar-refractivity contribution in [1.29, 1.82) is 0 Å². The van der Waals surface area contributed by atoms with E-state index >= 15 is 0 Å². The minimum atomic E-state index is 0.668. The molecule has 3 rings (SSSR count). The summed E-state index contributed by atoms with van der Waals surface area (Å²) in [5.74, 6) is 1.35. The molecule has 0 saturated carbocycles. The average molecular weight is 251 g/mol. The molecule has 1 aromatic rings. The number of nitrogens with zero attached hydrogens (tertiary/aromatic N) is 2. The molecule has 2 aliphatic rings. The van der Waals surface area contributed by atoms with E-state index in [4.69, 9.17) is 4.98 Å². The fourth-order valence-electron chi connectivity index (χ4n) is 2.95. The minimum Gasteiger partial charge on any atom is -0.316 e. The molecule has 94 valence electrons. The van der Waals surface area contributed by atoms with Crippen molar-refractivity contribution in [2.24, 2.45) is 0 Å². The summed E-state index contributed by atoms with van der Waals surface area (Å²) in [6.45, 7) is 4.72. The highest BCUT2D eigenvalue weighted by Crippen LogP contribution is 2.31. The zero-order chi connectivity index (χ0) is 11.7. The summed E-state index contributed by atoms with van der Waals surface area (Å²) in [4.78, 5) is 7.34. The van der Waals surface area contributed by atoms with Gasteiger partial charge in [0, 0.05) is 30.3 Å². The third-order valence-electron chi connectivity index (χ3n) is 3.99. The van der Waals surface area contributed by atoms with E-state index in [2.05, 4.69) is 22.6 Å². The van der Waals surface area contributed by atoms with Crippen LogP contribution in [0.4, 0.5) is 0 Å². The minimum absolute atomic E-state index is 0.668. The molecule has 2 aliphatic heterocycles. The molecule has 0 radical (unpaired) electrons. The second-order valence-corrected chi connectivity index (χ2v) is 6.29. The molecule has 1 aromatic heterocycles. The van der Waals surface area contributed by atoms with Crippen LogP contribution in [0, 0.1) is 0 Å². The van der Waals surface area contributed by atoms with Gasteiger partial charge in [0.25, 0.3) is 0 Å². The molecule has 0 aromatic carbocycles. The summed E-state index contributed by atoms with van der Waals surface area (Å²) in [5.41, 5.74) is 1.34. The van der Waals surface area contributed by atoms with Gasteiger partial charge >= 0.3 is 0 Å². The van der Waals surface area contributed by atoms with Crippen LogP contribution < -0.4 is 5.32 Å². The molecular formula is C13H21N3S. The van der Waals surface area contributed by atoms with Crippen LogP contribution >= 0.6 is 11.3 Å². The number of aromatic nitrogens is 1. The first-order valence-corrected chi connectivity index (χ1v) is 7.55. The monoisotopic (exact) mass is 251 g/mol. The number of rotatable bonds is 2. The first kappa shape index (κ1) is 11.6. The van der Waals surface area contributed by atoms with Crippen LogP contribution in [0.1, 0.15) is 41.8 Å². The molecule has 2 fully saturated rings. The second-order valence-electron chi connectivity index (χ2n) is 5.40. The van der Waals surface area contributed by atoms with Crippen LogP contribution in [0.5, 0.6) is 0 Å². The molecule has 0 spiro atoms. The first-order valence-electron chi connectivity index (χ1n) is 6.67. The van der Waals surface area contributed by atoms with E-state index in [0.717, 1.165) is 13.1 Å². The maximum Gasteiger partial charge on any atom is 0.0972 e. The fraction of sp³-hybridized carbons (Fsp3) is 0.769. The molecule has 4 heteroatoms. The summed E-state index contributed by atoms with van der Waals surface area (Å²) in [5, 5.41) is 7.09. The summed E-state index contributed by atoms with van der Waals surface area (Å²) in [7, 11) is 2.22. The Morgan fingerprint density at radius 2 is 2.35 bits per heavy atom. The third-order valence-corrected chi connectivity index (χ3v) is 5.02. The Hall–Kier alpha value is -0.450. The van der Waals surface area contributed by atoms with Crippen molar-refractivity contribution in [3.05, 3.63) is 16.1 Å². The van der Waals surface area contributed by atoms with E-state index < -0.39 is 0 Å². The molecule has 0 aliphatic carbocycles. The normalized spacial score (nSPS) is 30.9. The molecule has 1 N–H and O–H groups in total. The molecule has 0 bridgehead atoms. The Kier molecular flexibility index (Phi) is 3.45. The average Bonchev–Trinajstić information content (AvgIpc) is 3.00. The van der Waals surface area contributed by atoms with Crippen LogP contribution in [0.2, 0.25) is 0 Å². The largest absolute Gasteiger partial charge is 0.316 e. The fourth-order valence-corrected chi connectivity index (χ4v) is 3.98. The third kappa shape index (κ3) is 2.54. The lowest BCUT2D eigenvalue weighted by Crippen LogP contribution is -2.30. The van der Waals surface area contributed by atoms with Gasteiger partial charge in [0.05, 0.1) is 10.7 Å². The van der Waals surface area contributed by atoms with Gasteiger partial charge in [-0.05, 0) is 39.4 Å². The Morgan fingerprint density at radius 1 is 1.41 bits per heavy atom.